The van der Waals surface area contributed by atoms with E-state index in [0.717, 1.165) is 0 Å². The van der Waals surface area contributed by atoms with Crippen molar-refractivity contribution < 1.29 is 4.79 Å². The van der Waals surface area contributed by atoms with E-state index in [9.17, 15) is 4.79 Å². The number of nitrogens with zero attached hydrogens (tertiary/aromatic N) is 2. The van der Waals surface area contributed by atoms with Gasteiger partial charge in [-0.1, -0.05) is 11.6 Å². The van der Waals surface area contributed by atoms with Gasteiger partial charge < -0.3 is 10.3 Å². The van der Waals surface area contributed by atoms with Gasteiger partial charge in [-0.05, 0) is 18.2 Å². The van der Waals surface area contributed by atoms with E-state index in [0.29, 0.717) is 22.8 Å². The maximum atomic E-state index is 12.0. The van der Waals surface area contributed by atoms with Crippen LogP contribution in [0.4, 0.5) is 5.69 Å². The maximum Gasteiger partial charge on any atom is 0.255 e. The Morgan fingerprint density at radius 1 is 1.65 bits per heavy atom. The van der Waals surface area contributed by atoms with Gasteiger partial charge in [0.15, 0.2) is 0 Å². The summed E-state index contributed by atoms with van der Waals surface area (Å²) in [6.07, 6.45) is 0.286. The number of carbonyl (C=O) groups excluding carboxylic acids is 1. The number of carbonyl (C=O) groups is 1. The number of nitrogen functional groups attached to an aromatic ring is 1. The van der Waals surface area contributed by atoms with Crippen molar-refractivity contribution in [2.45, 2.75) is 6.42 Å². The highest BCUT2D eigenvalue weighted by atomic mass is 35.5. The number of nitrogens with one attached hydrogen (secondary N) is 1. The maximum absolute atomic E-state index is 12.0. The quantitative estimate of drug-likeness (QED) is 0.630. The number of hydrogen-bond acceptors (Lipinski definition) is 4. The number of rotatable bonds is 4. The minimum absolute atomic E-state index is 0.226. The van der Waals surface area contributed by atoms with E-state index in [1.54, 1.807) is 25.2 Å². The first-order chi connectivity index (χ1) is 8.10. The Kier molecular flexibility index (Phi) is 4.76. The van der Waals surface area contributed by atoms with Crippen LogP contribution in [0.2, 0.25) is 5.02 Å². The van der Waals surface area contributed by atoms with E-state index in [1.807, 2.05) is 6.07 Å². The summed E-state index contributed by atoms with van der Waals surface area (Å²) in [6.45, 7) is 0.367. The van der Waals surface area contributed by atoms with Gasteiger partial charge in [0.2, 0.25) is 0 Å². The van der Waals surface area contributed by atoms with Gasteiger partial charge in [-0.3, -0.25) is 10.6 Å². The molecule has 5 nitrogen and oxygen atoms in total. The van der Waals surface area contributed by atoms with Crippen molar-refractivity contribution in [2.75, 3.05) is 19.0 Å². The van der Waals surface area contributed by atoms with Crippen molar-refractivity contribution in [1.82, 2.24) is 4.90 Å². The van der Waals surface area contributed by atoms with E-state index in [1.165, 1.54) is 4.90 Å². The fraction of sp³-hybridized carbons (Fsp3) is 0.273. The average Bonchev–Trinajstić information content (AvgIpc) is 2.34. The van der Waals surface area contributed by atoms with Gasteiger partial charge in [-0.2, -0.15) is 5.26 Å². The first-order valence-electron chi connectivity index (χ1n) is 4.98. The predicted molar refractivity (Wildman–Crippen MR) is 66.5 cm³/mol. The normalized spacial score (nSPS) is 9.53. The third kappa shape index (κ3) is 3.34. The van der Waals surface area contributed by atoms with E-state index < -0.39 is 0 Å². The number of benzene rings is 1. The molecule has 17 heavy (non-hydrogen) atoms. The number of hydrogen-bond donors (Lipinski definition) is 2. The van der Waals surface area contributed by atoms with Crippen LogP contribution >= 0.6 is 11.6 Å². The molecule has 0 unspecified atom stereocenters. The van der Waals surface area contributed by atoms with Crippen molar-refractivity contribution in [1.29, 1.82) is 5.26 Å². The lowest BCUT2D eigenvalue weighted by Gasteiger charge is -2.17. The molecule has 0 atom stereocenters. The van der Waals surface area contributed by atoms with Crippen molar-refractivity contribution in [3.05, 3.63) is 28.8 Å². The molecular weight excluding hydrogens is 240 g/mol. The molecule has 1 amide bonds. The summed E-state index contributed by atoms with van der Waals surface area (Å²) < 4.78 is 0. The van der Waals surface area contributed by atoms with E-state index in [2.05, 4.69) is 5.43 Å². The van der Waals surface area contributed by atoms with Crippen molar-refractivity contribution in [3.8, 4) is 6.07 Å². The molecule has 0 saturated heterocycles. The zero-order valence-corrected chi connectivity index (χ0v) is 10.2. The Morgan fingerprint density at radius 2 is 2.35 bits per heavy atom. The minimum Gasteiger partial charge on any atom is -0.341 e. The molecule has 1 aromatic rings. The van der Waals surface area contributed by atoms with E-state index in [4.69, 9.17) is 22.7 Å². The first-order valence-corrected chi connectivity index (χ1v) is 5.36. The smallest absolute Gasteiger partial charge is 0.255 e. The monoisotopic (exact) mass is 252 g/mol. The molecule has 0 spiro atoms. The molecule has 0 bridgehead atoms. The Bertz CT molecular complexity index is 455. The summed E-state index contributed by atoms with van der Waals surface area (Å²) >= 11 is 5.84. The highest BCUT2D eigenvalue weighted by Crippen LogP contribution is 2.21. The van der Waals surface area contributed by atoms with Crippen LogP contribution in [0.15, 0.2) is 18.2 Å². The highest BCUT2D eigenvalue weighted by molar-refractivity contribution is 6.31. The third-order valence-electron chi connectivity index (χ3n) is 2.27. The molecule has 0 aromatic heterocycles. The Hall–Kier alpha value is -1.77. The van der Waals surface area contributed by atoms with E-state index in [-0.39, 0.29) is 12.3 Å². The number of nitriles is 1. The van der Waals surface area contributed by atoms with Crippen LogP contribution in [0, 0.1) is 11.3 Å². The Balaban J connectivity index is 2.95. The molecule has 0 aliphatic carbocycles. The molecule has 0 fully saturated rings. The molecule has 3 N–H and O–H groups in total. The van der Waals surface area contributed by atoms with Gasteiger partial charge in [0.05, 0.1) is 23.7 Å². The molecular formula is C11H13ClN4O. The molecule has 0 saturated carbocycles. The predicted octanol–water partition coefficient (Wildman–Crippen LogP) is 1.61. The lowest BCUT2D eigenvalue weighted by molar-refractivity contribution is 0.0799. The number of hydrazine groups is 1. The summed E-state index contributed by atoms with van der Waals surface area (Å²) in [6, 6.07) is 6.80. The molecule has 1 rings (SSSR count). The van der Waals surface area contributed by atoms with Gasteiger partial charge in [-0.15, -0.1) is 0 Å². The van der Waals surface area contributed by atoms with Gasteiger partial charge in [0, 0.05) is 18.6 Å². The summed E-state index contributed by atoms with van der Waals surface area (Å²) in [5.41, 5.74) is 3.34. The molecule has 90 valence electrons. The summed E-state index contributed by atoms with van der Waals surface area (Å²) in [4.78, 5) is 13.5. The molecule has 0 radical (unpaired) electrons. The SMILES string of the molecule is CN(CCC#N)C(=O)c1cc(Cl)ccc1NN. The van der Waals surface area contributed by atoms with Crippen molar-refractivity contribution >= 4 is 23.2 Å². The zero-order valence-electron chi connectivity index (χ0n) is 9.40. The van der Waals surface area contributed by atoms with Crippen LogP contribution in [0.25, 0.3) is 0 Å². The lowest BCUT2D eigenvalue weighted by Crippen LogP contribution is -2.28. The first kappa shape index (κ1) is 13.3. The molecule has 0 aliphatic heterocycles. The molecule has 0 aliphatic rings. The Morgan fingerprint density at radius 3 is 2.94 bits per heavy atom. The van der Waals surface area contributed by atoms with Gasteiger partial charge in [0.25, 0.3) is 5.91 Å². The Labute approximate surface area is 105 Å². The summed E-state index contributed by atoms with van der Waals surface area (Å²) in [5.74, 6) is 5.10. The summed E-state index contributed by atoms with van der Waals surface area (Å²) in [7, 11) is 1.63. The zero-order chi connectivity index (χ0) is 12.8. The minimum atomic E-state index is -0.226. The fourth-order valence-electron chi connectivity index (χ4n) is 1.34. The van der Waals surface area contributed by atoms with Crippen LogP contribution in [0.3, 0.4) is 0 Å². The van der Waals surface area contributed by atoms with Crippen LogP contribution in [0.5, 0.6) is 0 Å². The van der Waals surface area contributed by atoms with Crippen LogP contribution in [0.1, 0.15) is 16.8 Å². The second-order valence-corrected chi connectivity index (χ2v) is 3.91. The largest absolute Gasteiger partial charge is 0.341 e. The van der Waals surface area contributed by atoms with Crippen molar-refractivity contribution in [3.63, 3.8) is 0 Å². The van der Waals surface area contributed by atoms with Crippen molar-refractivity contribution in [2.24, 2.45) is 5.84 Å². The van der Waals surface area contributed by atoms with Crippen LogP contribution in [-0.2, 0) is 0 Å². The number of anilines is 1. The third-order valence-corrected chi connectivity index (χ3v) is 2.51. The van der Waals surface area contributed by atoms with Gasteiger partial charge in [0.1, 0.15) is 0 Å². The standard InChI is InChI=1S/C11H13ClN4O/c1-16(6-2-5-13)11(17)9-7-8(12)3-4-10(9)15-14/h3-4,7,15H,2,6,14H2,1H3. The second-order valence-electron chi connectivity index (χ2n) is 3.47. The lowest BCUT2D eigenvalue weighted by atomic mass is 10.1. The fourth-order valence-corrected chi connectivity index (χ4v) is 1.52. The van der Waals surface area contributed by atoms with Crippen LogP contribution < -0.4 is 11.3 Å². The van der Waals surface area contributed by atoms with Crippen LogP contribution in [-0.4, -0.2) is 24.4 Å². The molecule has 0 heterocycles. The second kappa shape index (κ2) is 6.09. The van der Waals surface area contributed by atoms with Gasteiger partial charge >= 0.3 is 0 Å². The van der Waals surface area contributed by atoms with Gasteiger partial charge in [-0.25, -0.2) is 0 Å². The topological polar surface area (TPSA) is 82.2 Å². The number of halogens is 1. The number of amides is 1. The highest BCUT2D eigenvalue weighted by Gasteiger charge is 2.15. The van der Waals surface area contributed by atoms with E-state index >= 15 is 0 Å². The molecule has 6 heteroatoms. The molecule has 1 aromatic carbocycles. The number of nitrogens with two attached hydrogens (primary N) is 1. The summed E-state index contributed by atoms with van der Waals surface area (Å²) in [5, 5.41) is 8.93. The average molecular weight is 253 g/mol.